The first kappa shape index (κ1) is 12.1. The smallest absolute Gasteiger partial charge is 0.223 e. The highest BCUT2D eigenvalue weighted by molar-refractivity contribution is 5.79. The van der Waals surface area contributed by atoms with Gasteiger partial charge in [-0.05, 0) is 12.8 Å². The van der Waals surface area contributed by atoms with Gasteiger partial charge < -0.3 is 9.64 Å². The quantitative estimate of drug-likeness (QED) is 0.487. The molecule has 84 valence electrons. The summed E-state index contributed by atoms with van der Waals surface area (Å²) in [5.74, 6) is 2.95. The van der Waals surface area contributed by atoms with Crippen LogP contribution < -0.4 is 0 Å². The summed E-state index contributed by atoms with van der Waals surface area (Å²) < 4.78 is 5.35. The minimum atomic E-state index is 0.120. The molecule has 1 saturated heterocycles. The van der Waals surface area contributed by atoms with Crippen LogP contribution in [0.2, 0.25) is 0 Å². The van der Waals surface area contributed by atoms with E-state index in [9.17, 15) is 4.79 Å². The predicted octanol–water partition coefficient (Wildman–Crippen LogP) is 1.28. The maximum Gasteiger partial charge on any atom is 0.223 e. The highest BCUT2D eigenvalue weighted by Crippen LogP contribution is 2.16. The van der Waals surface area contributed by atoms with Crippen molar-refractivity contribution in [3.05, 3.63) is 0 Å². The van der Waals surface area contributed by atoms with Gasteiger partial charge in [-0.3, -0.25) is 4.79 Å². The van der Waals surface area contributed by atoms with Gasteiger partial charge in [0, 0.05) is 38.6 Å². The Hall–Kier alpha value is -1.01. The van der Waals surface area contributed by atoms with Gasteiger partial charge in [-0.1, -0.05) is 6.92 Å². The molecule has 1 heterocycles. The molecule has 1 amide bonds. The Morgan fingerprint density at radius 3 is 3.00 bits per heavy atom. The van der Waals surface area contributed by atoms with Gasteiger partial charge in [0.15, 0.2) is 0 Å². The van der Waals surface area contributed by atoms with E-state index in [4.69, 9.17) is 11.2 Å². The molecule has 0 aromatic heterocycles. The number of carbonyl (C=O) groups is 1. The molecule has 0 aromatic carbocycles. The Bertz CT molecular complexity index is 244. The Labute approximate surface area is 91.8 Å². The van der Waals surface area contributed by atoms with Gasteiger partial charge in [-0.15, -0.1) is 12.3 Å². The number of likely N-dealkylation sites (tertiary alicyclic amines) is 1. The van der Waals surface area contributed by atoms with Crippen molar-refractivity contribution in [1.82, 2.24) is 4.90 Å². The van der Waals surface area contributed by atoms with Gasteiger partial charge in [0.1, 0.15) is 0 Å². The van der Waals surface area contributed by atoms with Crippen molar-refractivity contribution in [2.45, 2.75) is 26.2 Å². The molecule has 0 aliphatic carbocycles. The average Bonchev–Trinajstić information content (AvgIpc) is 2.59. The van der Waals surface area contributed by atoms with Gasteiger partial charge in [0.2, 0.25) is 5.91 Å². The van der Waals surface area contributed by atoms with Crippen LogP contribution in [0.3, 0.4) is 0 Å². The van der Waals surface area contributed by atoms with E-state index < -0.39 is 0 Å². The average molecular weight is 209 g/mol. The monoisotopic (exact) mass is 209 g/mol. The molecule has 0 bridgehead atoms. The maximum atomic E-state index is 11.5. The van der Waals surface area contributed by atoms with Crippen LogP contribution in [-0.4, -0.2) is 37.1 Å². The summed E-state index contributed by atoms with van der Waals surface area (Å²) in [5, 5.41) is 0. The highest BCUT2D eigenvalue weighted by Gasteiger charge is 2.27. The topological polar surface area (TPSA) is 29.5 Å². The predicted molar refractivity (Wildman–Crippen MR) is 59.2 cm³/mol. The third-order valence-corrected chi connectivity index (χ3v) is 2.52. The molecule has 0 spiro atoms. The fraction of sp³-hybridized carbons (Fsp3) is 0.750. The lowest BCUT2D eigenvalue weighted by Crippen LogP contribution is -2.27. The third-order valence-electron chi connectivity index (χ3n) is 2.52. The van der Waals surface area contributed by atoms with E-state index >= 15 is 0 Å². The van der Waals surface area contributed by atoms with Gasteiger partial charge in [0.05, 0.1) is 0 Å². The summed E-state index contributed by atoms with van der Waals surface area (Å²) >= 11 is 0. The largest absolute Gasteiger partial charge is 0.381 e. The second-order valence-electron chi connectivity index (χ2n) is 3.87. The Morgan fingerprint density at radius 1 is 1.60 bits per heavy atom. The van der Waals surface area contributed by atoms with E-state index in [1.807, 2.05) is 4.90 Å². The first-order valence-corrected chi connectivity index (χ1v) is 5.59. The summed E-state index contributed by atoms with van der Waals surface area (Å²) in [4.78, 5) is 13.3. The number of ether oxygens (including phenoxy) is 1. The maximum absolute atomic E-state index is 11.5. The first-order chi connectivity index (χ1) is 7.27. The van der Waals surface area contributed by atoms with E-state index in [2.05, 4.69) is 12.8 Å². The molecular formula is C12H19NO2. The number of hydrogen-bond donors (Lipinski definition) is 0. The zero-order chi connectivity index (χ0) is 11.1. The van der Waals surface area contributed by atoms with Gasteiger partial charge in [-0.2, -0.15) is 0 Å². The van der Waals surface area contributed by atoms with Crippen LogP contribution in [0.15, 0.2) is 0 Å². The summed E-state index contributed by atoms with van der Waals surface area (Å²) in [6.45, 7) is 5.13. The number of rotatable bonds is 6. The van der Waals surface area contributed by atoms with Gasteiger partial charge >= 0.3 is 0 Å². The Balaban J connectivity index is 2.12. The van der Waals surface area contributed by atoms with Crippen molar-refractivity contribution in [3.63, 3.8) is 0 Å². The number of nitrogens with zero attached hydrogens (tertiary/aromatic N) is 1. The van der Waals surface area contributed by atoms with Crippen LogP contribution in [0.25, 0.3) is 0 Å². The molecule has 0 N–H and O–H groups in total. The number of hydrogen-bond acceptors (Lipinski definition) is 2. The van der Waals surface area contributed by atoms with Crippen LogP contribution in [0, 0.1) is 18.3 Å². The normalized spacial score (nSPS) is 20.7. The molecule has 1 fully saturated rings. The summed E-state index contributed by atoms with van der Waals surface area (Å²) in [5.41, 5.74) is 0. The fourth-order valence-corrected chi connectivity index (χ4v) is 1.70. The van der Waals surface area contributed by atoms with Crippen molar-refractivity contribution in [2.24, 2.45) is 5.92 Å². The van der Waals surface area contributed by atoms with Crippen LogP contribution in [0.4, 0.5) is 0 Å². The molecule has 15 heavy (non-hydrogen) atoms. The van der Waals surface area contributed by atoms with Crippen LogP contribution in [0.1, 0.15) is 26.2 Å². The second kappa shape index (κ2) is 6.47. The number of terminal acetylenes is 1. The van der Waals surface area contributed by atoms with Crippen molar-refractivity contribution in [2.75, 3.05) is 26.3 Å². The van der Waals surface area contributed by atoms with E-state index in [0.29, 0.717) is 6.42 Å². The zero-order valence-electron chi connectivity index (χ0n) is 9.37. The highest BCUT2D eigenvalue weighted by atomic mass is 16.5. The molecule has 0 aromatic rings. The van der Waals surface area contributed by atoms with E-state index in [0.717, 1.165) is 39.1 Å². The van der Waals surface area contributed by atoms with Crippen LogP contribution >= 0.6 is 0 Å². The summed E-state index contributed by atoms with van der Waals surface area (Å²) in [6, 6.07) is 0. The van der Waals surface area contributed by atoms with Crippen LogP contribution in [-0.2, 0) is 9.53 Å². The molecule has 3 nitrogen and oxygen atoms in total. The molecule has 3 heteroatoms. The second-order valence-corrected chi connectivity index (χ2v) is 3.87. The molecule has 0 saturated carbocycles. The molecule has 1 unspecified atom stereocenters. The zero-order valence-corrected chi connectivity index (χ0v) is 9.37. The van der Waals surface area contributed by atoms with Gasteiger partial charge in [0.25, 0.3) is 0 Å². The minimum absolute atomic E-state index is 0.120. The lowest BCUT2D eigenvalue weighted by molar-refractivity contribution is -0.127. The van der Waals surface area contributed by atoms with Gasteiger partial charge in [-0.25, -0.2) is 0 Å². The van der Waals surface area contributed by atoms with E-state index in [1.165, 1.54) is 0 Å². The molecule has 1 atom stereocenters. The van der Waals surface area contributed by atoms with E-state index in [1.54, 1.807) is 0 Å². The van der Waals surface area contributed by atoms with Crippen molar-refractivity contribution in [3.8, 4) is 12.3 Å². The molecule has 1 rings (SSSR count). The van der Waals surface area contributed by atoms with Crippen molar-refractivity contribution in [1.29, 1.82) is 0 Å². The number of amides is 1. The molecule has 1 aliphatic rings. The number of carbonyl (C=O) groups excluding carboxylic acids is 1. The SMILES string of the molecule is C#CC1CC(=O)N(CCCOCCC)C1. The Morgan fingerprint density at radius 2 is 2.40 bits per heavy atom. The van der Waals surface area contributed by atoms with Crippen molar-refractivity contribution < 1.29 is 9.53 Å². The first-order valence-electron chi connectivity index (χ1n) is 5.59. The van der Waals surface area contributed by atoms with Crippen LogP contribution in [0.5, 0.6) is 0 Å². The van der Waals surface area contributed by atoms with Crippen molar-refractivity contribution >= 4 is 5.91 Å². The summed E-state index contributed by atoms with van der Waals surface area (Å²) in [7, 11) is 0. The standard InChI is InChI=1S/C12H19NO2/c1-3-7-15-8-5-6-13-10-11(4-2)9-12(13)14/h2,11H,3,5-10H2,1H3. The third kappa shape index (κ3) is 3.93. The minimum Gasteiger partial charge on any atom is -0.381 e. The van der Waals surface area contributed by atoms with E-state index in [-0.39, 0.29) is 11.8 Å². The molecular weight excluding hydrogens is 190 g/mol. The molecule has 1 aliphatic heterocycles. The lowest BCUT2D eigenvalue weighted by Gasteiger charge is -2.15. The Kier molecular flexibility index (Phi) is 5.20. The lowest BCUT2D eigenvalue weighted by atomic mass is 10.1. The summed E-state index contributed by atoms with van der Waals surface area (Å²) in [6.07, 6.45) is 7.77. The fourth-order valence-electron chi connectivity index (χ4n) is 1.70. The molecule has 0 radical (unpaired) electrons.